The van der Waals surface area contributed by atoms with E-state index in [0.717, 1.165) is 6.07 Å². The first kappa shape index (κ1) is 17.2. The van der Waals surface area contributed by atoms with Gasteiger partial charge in [-0.15, -0.1) is 0 Å². The average molecular weight is 308 g/mol. The maximum Gasteiger partial charge on any atom is 0.405 e. The number of hydrogen-bond acceptors (Lipinski definition) is 3. The van der Waals surface area contributed by atoms with Crippen LogP contribution in [0.4, 0.5) is 17.6 Å². The van der Waals surface area contributed by atoms with Crippen molar-refractivity contribution in [3.8, 4) is 5.75 Å². The quantitative estimate of drug-likeness (QED) is 0.792. The van der Waals surface area contributed by atoms with E-state index < -0.39 is 31.1 Å². The van der Waals surface area contributed by atoms with Gasteiger partial charge >= 0.3 is 6.18 Å². The maximum absolute atomic E-state index is 13.7. The van der Waals surface area contributed by atoms with E-state index in [-0.39, 0.29) is 11.8 Å². The Balaban J connectivity index is 2.53. The standard InChI is InChI=1S/C13H16F4N2O2/c1-8(18-2)10-4-3-9(5-11(10)14)21-6-12(20)19-7-13(15,16)17/h3-5,8,18H,6-7H2,1-2H3,(H,19,20). The van der Waals surface area contributed by atoms with Gasteiger partial charge in [-0.1, -0.05) is 6.07 Å². The highest BCUT2D eigenvalue weighted by Crippen LogP contribution is 2.21. The van der Waals surface area contributed by atoms with Gasteiger partial charge in [-0.25, -0.2) is 4.39 Å². The van der Waals surface area contributed by atoms with E-state index in [1.54, 1.807) is 19.3 Å². The summed E-state index contributed by atoms with van der Waals surface area (Å²) in [6.07, 6.45) is -4.48. The minimum absolute atomic E-state index is 0.0710. The molecular weight excluding hydrogens is 292 g/mol. The van der Waals surface area contributed by atoms with Crippen molar-refractivity contribution in [1.29, 1.82) is 0 Å². The van der Waals surface area contributed by atoms with Crippen LogP contribution in [0.15, 0.2) is 18.2 Å². The molecule has 0 saturated carbocycles. The highest BCUT2D eigenvalue weighted by Gasteiger charge is 2.27. The summed E-state index contributed by atoms with van der Waals surface area (Å²) < 4.78 is 54.3. The lowest BCUT2D eigenvalue weighted by atomic mass is 10.1. The molecule has 1 rings (SSSR count). The van der Waals surface area contributed by atoms with Crippen LogP contribution in [0.5, 0.6) is 5.75 Å². The molecule has 1 unspecified atom stereocenters. The Morgan fingerprint density at radius 1 is 1.38 bits per heavy atom. The molecule has 1 atom stereocenters. The number of alkyl halides is 3. The molecule has 0 aliphatic rings. The third-order valence-corrected chi connectivity index (χ3v) is 2.73. The molecule has 0 aliphatic carbocycles. The predicted octanol–water partition coefficient (Wildman–Crippen LogP) is 2.16. The average Bonchev–Trinajstić information content (AvgIpc) is 2.41. The number of nitrogens with one attached hydrogen (secondary N) is 2. The van der Waals surface area contributed by atoms with Gasteiger partial charge in [0.2, 0.25) is 0 Å². The van der Waals surface area contributed by atoms with E-state index >= 15 is 0 Å². The second-order valence-electron chi connectivity index (χ2n) is 4.37. The molecule has 0 bridgehead atoms. The highest BCUT2D eigenvalue weighted by molar-refractivity contribution is 5.77. The molecule has 118 valence electrons. The molecule has 0 radical (unpaired) electrons. The summed E-state index contributed by atoms with van der Waals surface area (Å²) in [6, 6.07) is 3.82. The zero-order valence-corrected chi connectivity index (χ0v) is 11.6. The fourth-order valence-electron chi connectivity index (χ4n) is 1.50. The number of ether oxygens (including phenoxy) is 1. The number of amides is 1. The molecule has 0 heterocycles. The first-order valence-electron chi connectivity index (χ1n) is 6.16. The molecular formula is C13H16F4N2O2. The number of rotatable bonds is 6. The molecule has 2 N–H and O–H groups in total. The van der Waals surface area contributed by atoms with Gasteiger partial charge in [-0.3, -0.25) is 4.79 Å². The van der Waals surface area contributed by atoms with Crippen molar-refractivity contribution in [3.63, 3.8) is 0 Å². The fraction of sp³-hybridized carbons (Fsp3) is 0.462. The first-order valence-corrected chi connectivity index (χ1v) is 6.16. The van der Waals surface area contributed by atoms with Crippen LogP contribution in [0.25, 0.3) is 0 Å². The minimum Gasteiger partial charge on any atom is -0.484 e. The van der Waals surface area contributed by atoms with Crippen LogP contribution in [0.3, 0.4) is 0 Å². The van der Waals surface area contributed by atoms with Crippen LogP contribution < -0.4 is 15.4 Å². The molecule has 1 aromatic rings. The number of carbonyl (C=O) groups is 1. The third-order valence-electron chi connectivity index (χ3n) is 2.73. The van der Waals surface area contributed by atoms with E-state index in [1.807, 2.05) is 0 Å². The Labute approximate surface area is 119 Å². The summed E-state index contributed by atoms with van der Waals surface area (Å²) in [5.74, 6) is -1.38. The summed E-state index contributed by atoms with van der Waals surface area (Å²) >= 11 is 0. The SMILES string of the molecule is CNC(C)c1ccc(OCC(=O)NCC(F)(F)F)cc1F. The second-order valence-corrected chi connectivity index (χ2v) is 4.37. The van der Waals surface area contributed by atoms with Crippen LogP contribution in [0.1, 0.15) is 18.5 Å². The highest BCUT2D eigenvalue weighted by atomic mass is 19.4. The summed E-state index contributed by atoms with van der Waals surface area (Å²) in [5, 5.41) is 4.52. The van der Waals surface area contributed by atoms with Crippen molar-refractivity contribution >= 4 is 5.91 Å². The topological polar surface area (TPSA) is 50.4 Å². The number of hydrogen-bond donors (Lipinski definition) is 2. The van der Waals surface area contributed by atoms with Crippen LogP contribution in [0, 0.1) is 5.82 Å². The number of halogens is 4. The van der Waals surface area contributed by atoms with Gasteiger partial charge in [-0.05, 0) is 20.0 Å². The number of benzene rings is 1. The Bertz CT molecular complexity index is 492. The summed E-state index contributed by atoms with van der Waals surface area (Å²) in [6.45, 7) is -0.276. The maximum atomic E-state index is 13.7. The van der Waals surface area contributed by atoms with Crippen molar-refractivity contribution in [2.24, 2.45) is 0 Å². The van der Waals surface area contributed by atoms with Crippen LogP contribution in [-0.2, 0) is 4.79 Å². The predicted molar refractivity (Wildman–Crippen MR) is 68.4 cm³/mol. The van der Waals surface area contributed by atoms with E-state index in [0.29, 0.717) is 5.56 Å². The normalized spacial score (nSPS) is 12.9. The van der Waals surface area contributed by atoms with Crippen LogP contribution in [0.2, 0.25) is 0 Å². The van der Waals surface area contributed by atoms with Crippen molar-refractivity contribution in [3.05, 3.63) is 29.6 Å². The van der Waals surface area contributed by atoms with Gasteiger partial charge in [0.1, 0.15) is 18.1 Å². The smallest absolute Gasteiger partial charge is 0.405 e. The largest absolute Gasteiger partial charge is 0.484 e. The second kappa shape index (κ2) is 7.26. The van der Waals surface area contributed by atoms with Gasteiger partial charge in [0.25, 0.3) is 5.91 Å². The molecule has 1 aromatic carbocycles. The van der Waals surface area contributed by atoms with E-state index in [2.05, 4.69) is 5.32 Å². The van der Waals surface area contributed by atoms with Crippen molar-refractivity contribution < 1.29 is 27.1 Å². The van der Waals surface area contributed by atoms with Gasteiger partial charge in [0, 0.05) is 17.7 Å². The van der Waals surface area contributed by atoms with E-state index in [4.69, 9.17) is 4.74 Å². The lowest BCUT2D eigenvalue weighted by Gasteiger charge is -2.13. The summed E-state index contributed by atoms with van der Waals surface area (Å²) in [7, 11) is 1.68. The Morgan fingerprint density at radius 2 is 2.05 bits per heavy atom. The monoisotopic (exact) mass is 308 g/mol. The lowest BCUT2D eigenvalue weighted by Crippen LogP contribution is -2.36. The number of carbonyl (C=O) groups excluding carboxylic acids is 1. The molecule has 0 saturated heterocycles. The Morgan fingerprint density at radius 3 is 2.57 bits per heavy atom. The molecule has 0 aliphatic heterocycles. The molecule has 1 amide bonds. The van der Waals surface area contributed by atoms with E-state index in [9.17, 15) is 22.4 Å². The van der Waals surface area contributed by atoms with Crippen molar-refractivity contribution in [1.82, 2.24) is 10.6 Å². The summed E-state index contributed by atoms with van der Waals surface area (Å²) in [4.78, 5) is 11.1. The third kappa shape index (κ3) is 5.99. The van der Waals surface area contributed by atoms with Crippen molar-refractivity contribution in [2.45, 2.75) is 19.1 Å². The zero-order chi connectivity index (χ0) is 16.0. The lowest BCUT2D eigenvalue weighted by molar-refractivity contribution is -0.139. The molecule has 4 nitrogen and oxygen atoms in total. The Kier molecular flexibility index (Phi) is 5.95. The molecule has 21 heavy (non-hydrogen) atoms. The van der Waals surface area contributed by atoms with Gasteiger partial charge in [0.15, 0.2) is 6.61 Å². The van der Waals surface area contributed by atoms with E-state index in [1.165, 1.54) is 12.1 Å². The minimum atomic E-state index is -4.48. The van der Waals surface area contributed by atoms with Crippen LogP contribution in [-0.4, -0.2) is 32.3 Å². The molecule has 0 spiro atoms. The fourth-order valence-corrected chi connectivity index (χ4v) is 1.50. The van der Waals surface area contributed by atoms with Crippen molar-refractivity contribution in [2.75, 3.05) is 20.2 Å². The summed E-state index contributed by atoms with van der Waals surface area (Å²) in [5.41, 5.74) is 0.423. The first-order chi connectivity index (χ1) is 9.73. The van der Waals surface area contributed by atoms with Crippen LogP contribution >= 0.6 is 0 Å². The molecule has 0 aromatic heterocycles. The van der Waals surface area contributed by atoms with Gasteiger partial charge < -0.3 is 15.4 Å². The van der Waals surface area contributed by atoms with Gasteiger partial charge in [0.05, 0.1) is 0 Å². The Hall–Kier alpha value is -1.83. The molecule has 0 fully saturated rings. The van der Waals surface area contributed by atoms with Gasteiger partial charge in [-0.2, -0.15) is 13.2 Å². The molecule has 8 heteroatoms. The zero-order valence-electron chi connectivity index (χ0n) is 11.6.